The number of hydrogen-bond acceptors (Lipinski definition) is 3. The molecule has 3 nitrogen and oxygen atoms in total. The van der Waals surface area contributed by atoms with Crippen LogP contribution < -0.4 is 10.5 Å². The van der Waals surface area contributed by atoms with E-state index >= 15 is 0 Å². The zero-order valence-electron chi connectivity index (χ0n) is 9.53. The summed E-state index contributed by atoms with van der Waals surface area (Å²) in [5, 5.41) is 0. The largest absolute Gasteiger partial charge is 0.495 e. The molecule has 0 spiro atoms. The number of ether oxygens (including phenoxy) is 1. The SMILES string of the molecule is COc1cccnc1[C@@H]1[C@@H](CN)C1(C)C. The van der Waals surface area contributed by atoms with Gasteiger partial charge in [-0.2, -0.15) is 0 Å². The second kappa shape index (κ2) is 3.49. The molecule has 1 fully saturated rings. The molecule has 0 aliphatic heterocycles. The molecule has 1 saturated carbocycles. The van der Waals surface area contributed by atoms with E-state index in [2.05, 4.69) is 18.8 Å². The first-order chi connectivity index (χ1) is 7.12. The first-order valence-corrected chi connectivity index (χ1v) is 5.32. The normalized spacial score (nSPS) is 27.5. The highest BCUT2D eigenvalue weighted by molar-refractivity contribution is 5.37. The monoisotopic (exact) mass is 206 g/mol. The van der Waals surface area contributed by atoms with E-state index < -0.39 is 0 Å². The summed E-state index contributed by atoms with van der Waals surface area (Å²) in [7, 11) is 1.69. The van der Waals surface area contributed by atoms with Crippen LogP contribution in [-0.4, -0.2) is 18.6 Å². The van der Waals surface area contributed by atoms with Crippen LogP contribution in [0.5, 0.6) is 5.75 Å². The van der Waals surface area contributed by atoms with E-state index in [1.54, 1.807) is 7.11 Å². The summed E-state index contributed by atoms with van der Waals surface area (Å²) in [4.78, 5) is 4.42. The fourth-order valence-electron chi connectivity index (χ4n) is 2.54. The van der Waals surface area contributed by atoms with Crippen molar-refractivity contribution in [3.8, 4) is 5.75 Å². The standard InChI is InChI=1S/C12H18N2O/c1-12(2)8(7-13)10(12)11-9(15-3)5-4-6-14-11/h4-6,8,10H,7,13H2,1-3H3/t8-,10+/m1/s1. The molecule has 1 heterocycles. The van der Waals surface area contributed by atoms with Crippen molar-refractivity contribution in [1.29, 1.82) is 0 Å². The topological polar surface area (TPSA) is 48.1 Å². The molecule has 0 bridgehead atoms. The van der Waals surface area contributed by atoms with Crippen LogP contribution in [-0.2, 0) is 0 Å². The molecule has 1 aliphatic carbocycles. The summed E-state index contributed by atoms with van der Waals surface area (Å²) >= 11 is 0. The summed E-state index contributed by atoms with van der Waals surface area (Å²) in [5.74, 6) is 1.85. The van der Waals surface area contributed by atoms with E-state index in [-0.39, 0.29) is 5.41 Å². The Morgan fingerprint density at radius 1 is 1.53 bits per heavy atom. The first kappa shape index (κ1) is 10.4. The highest BCUT2D eigenvalue weighted by Crippen LogP contribution is 2.64. The predicted molar refractivity (Wildman–Crippen MR) is 59.9 cm³/mol. The Balaban J connectivity index is 2.32. The van der Waals surface area contributed by atoms with Gasteiger partial charge in [0.1, 0.15) is 5.75 Å². The fourth-order valence-corrected chi connectivity index (χ4v) is 2.54. The lowest BCUT2D eigenvalue weighted by Gasteiger charge is -2.07. The number of methoxy groups -OCH3 is 1. The average molecular weight is 206 g/mol. The molecule has 1 aromatic rings. The molecule has 2 N–H and O–H groups in total. The number of hydrogen-bond donors (Lipinski definition) is 1. The van der Waals surface area contributed by atoms with Crippen molar-refractivity contribution in [1.82, 2.24) is 4.98 Å². The lowest BCUT2D eigenvalue weighted by atomic mass is 10.1. The maximum atomic E-state index is 5.76. The minimum atomic E-state index is 0.260. The van der Waals surface area contributed by atoms with Gasteiger partial charge in [0.25, 0.3) is 0 Å². The Kier molecular flexibility index (Phi) is 2.43. The summed E-state index contributed by atoms with van der Waals surface area (Å²) < 4.78 is 5.33. The van der Waals surface area contributed by atoms with Crippen molar-refractivity contribution in [2.45, 2.75) is 19.8 Å². The maximum Gasteiger partial charge on any atom is 0.140 e. The number of aromatic nitrogens is 1. The molecule has 1 aliphatic rings. The Hall–Kier alpha value is -1.09. The molecule has 2 atom stereocenters. The Morgan fingerprint density at radius 3 is 2.80 bits per heavy atom. The quantitative estimate of drug-likeness (QED) is 0.820. The molecule has 2 rings (SSSR count). The Morgan fingerprint density at radius 2 is 2.27 bits per heavy atom. The molecular formula is C12H18N2O. The molecule has 15 heavy (non-hydrogen) atoms. The fraction of sp³-hybridized carbons (Fsp3) is 0.583. The molecule has 0 aromatic carbocycles. The van der Waals surface area contributed by atoms with Crippen LogP contribution in [0.2, 0.25) is 0 Å². The van der Waals surface area contributed by atoms with Crippen LogP contribution in [0.25, 0.3) is 0 Å². The smallest absolute Gasteiger partial charge is 0.140 e. The maximum absolute atomic E-state index is 5.76. The molecule has 1 aromatic heterocycles. The summed E-state index contributed by atoms with van der Waals surface area (Å²) in [5.41, 5.74) is 7.08. The lowest BCUT2D eigenvalue weighted by molar-refractivity contribution is 0.404. The van der Waals surface area contributed by atoms with Gasteiger partial charge in [-0.05, 0) is 30.0 Å². The molecule has 0 amide bonds. The van der Waals surface area contributed by atoms with Crippen molar-refractivity contribution in [3.05, 3.63) is 24.0 Å². The molecule has 0 saturated heterocycles. The van der Waals surface area contributed by atoms with Gasteiger partial charge < -0.3 is 10.5 Å². The van der Waals surface area contributed by atoms with Crippen molar-refractivity contribution >= 4 is 0 Å². The van der Waals surface area contributed by atoms with Gasteiger partial charge in [-0.25, -0.2) is 0 Å². The van der Waals surface area contributed by atoms with Crippen molar-refractivity contribution in [3.63, 3.8) is 0 Å². The predicted octanol–water partition coefficient (Wildman–Crippen LogP) is 1.79. The van der Waals surface area contributed by atoms with Gasteiger partial charge in [0.05, 0.1) is 12.8 Å². The Bertz CT molecular complexity index is 362. The first-order valence-electron chi connectivity index (χ1n) is 5.32. The number of nitrogens with two attached hydrogens (primary N) is 1. The van der Waals surface area contributed by atoms with Gasteiger partial charge in [-0.15, -0.1) is 0 Å². The number of nitrogens with zero attached hydrogens (tertiary/aromatic N) is 1. The van der Waals surface area contributed by atoms with Gasteiger partial charge >= 0.3 is 0 Å². The highest BCUT2D eigenvalue weighted by atomic mass is 16.5. The molecular weight excluding hydrogens is 188 g/mol. The second-order valence-corrected chi connectivity index (χ2v) is 4.73. The summed E-state index contributed by atoms with van der Waals surface area (Å²) in [6.45, 7) is 5.20. The minimum Gasteiger partial charge on any atom is -0.495 e. The molecule has 0 unspecified atom stereocenters. The van der Waals surface area contributed by atoms with Crippen LogP contribution in [0.3, 0.4) is 0 Å². The third kappa shape index (κ3) is 1.51. The number of rotatable bonds is 3. The van der Waals surface area contributed by atoms with Crippen molar-refractivity contribution in [2.24, 2.45) is 17.1 Å². The van der Waals surface area contributed by atoms with Gasteiger partial charge in [0.15, 0.2) is 0 Å². The van der Waals surface area contributed by atoms with Crippen LogP contribution in [0, 0.1) is 11.3 Å². The van der Waals surface area contributed by atoms with E-state index in [1.165, 1.54) is 0 Å². The Labute approximate surface area is 90.7 Å². The highest BCUT2D eigenvalue weighted by Gasteiger charge is 2.58. The van der Waals surface area contributed by atoms with E-state index in [9.17, 15) is 0 Å². The van der Waals surface area contributed by atoms with E-state index in [4.69, 9.17) is 10.5 Å². The summed E-state index contributed by atoms with van der Waals surface area (Å²) in [6, 6.07) is 3.86. The van der Waals surface area contributed by atoms with Gasteiger partial charge in [-0.3, -0.25) is 4.98 Å². The molecule has 0 radical (unpaired) electrons. The third-order valence-electron chi connectivity index (χ3n) is 3.62. The van der Waals surface area contributed by atoms with Crippen molar-refractivity contribution < 1.29 is 4.74 Å². The third-order valence-corrected chi connectivity index (χ3v) is 3.62. The van der Waals surface area contributed by atoms with Crippen LogP contribution >= 0.6 is 0 Å². The second-order valence-electron chi connectivity index (χ2n) is 4.73. The average Bonchev–Trinajstić information content (AvgIpc) is 2.80. The minimum absolute atomic E-state index is 0.260. The summed E-state index contributed by atoms with van der Waals surface area (Å²) in [6.07, 6.45) is 1.82. The van der Waals surface area contributed by atoms with Gasteiger partial charge in [0.2, 0.25) is 0 Å². The van der Waals surface area contributed by atoms with Crippen molar-refractivity contribution in [2.75, 3.05) is 13.7 Å². The van der Waals surface area contributed by atoms with Crippen LogP contribution in [0.1, 0.15) is 25.5 Å². The van der Waals surface area contributed by atoms with Crippen LogP contribution in [0.15, 0.2) is 18.3 Å². The lowest BCUT2D eigenvalue weighted by Crippen LogP contribution is -2.05. The van der Waals surface area contributed by atoms with E-state index in [0.29, 0.717) is 11.8 Å². The van der Waals surface area contributed by atoms with Crippen LogP contribution in [0.4, 0.5) is 0 Å². The molecule has 82 valence electrons. The molecule has 3 heteroatoms. The van der Waals surface area contributed by atoms with E-state index in [1.807, 2.05) is 18.3 Å². The van der Waals surface area contributed by atoms with Gasteiger partial charge in [-0.1, -0.05) is 13.8 Å². The zero-order chi connectivity index (χ0) is 11.1. The van der Waals surface area contributed by atoms with E-state index in [0.717, 1.165) is 18.0 Å². The number of pyridine rings is 1. The zero-order valence-corrected chi connectivity index (χ0v) is 9.53. The van der Waals surface area contributed by atoms with Gasteiger partial charge in [0, 0.05) is 12.1 Å².